The van der Waals surface area contributed by atoms with Crippen molar-refractivity contribution in [3.63, 3.8) is 0 Å². The third kappa shape index (κ3) is 2.31. The number of benzene rings is 1. The fraction of sp³-hybridized carbons (Fsp3) is 0.462. The first-order valence-electron chi connectivity index (χ1n) is 5.97. The van der Waals surface area contributed by atoms with E-state index in [2.05, 4.69) is 5.32 Å². The molecular weight excluding hydrogens is 252 g/mol. The quantitative estimate of drug-likeness (QED) is 0.851. The average Bonchev–Trinajstić information content (AvgIpc) is 2.33. The number of anilines is 1. The van der Waals surface area contributed by atoms with Crippen LogP contribution in [0.25, 0.3) is 0 Å². The smallest absolute Gasteiger partial charge is 0.245 e. The summed E-state index contributed by atoms with van der Waals surface area (Å²) in [4.78, 5) is 13.8. The Labute approximate surface area is 112 Å². The van der Waals surface area contributed by atoms with Crippen LogP contribution < -0.4 is 10.2 Å². The van der Waals surface area contributed by atoms with Crippen LogP contribution in [0.15, 0.2) is 18.2 Å². The topological polar surface area (TPSA) is 52.6 Å². The van der Waals surface area contributed by atoms with Gasteiger partial charge < -0.3 is 15.3 Å². The van der Waals surface area contributed by atoms with Gasteiger partial charge in [0.05, 0.1) is 6.61 Å². The molecule has 18 heavy (non-hydrogen) atoms. The number of aliphatic hydroxyl groups excluding tert-OH is 1. The van der Waals surface area contributed by atoms with Gasteiger partial charge in [0, 0.05) is 23.3 Å². The molecule has 0 spiro atoms. The Balaban J connectivity index is 2.41. The van der Waals surface area contributed by atoms with E-state index >= 15 is 0 Å². The summed E-state index contributed by atoms with van der Waals surface area (Å²) in [7, 11) is 0. The van der Waals surface area contributed by atoms with Crippen molar-refractivity contribution in [3.8, 4) is 0 Å². The van der Waals surface area contributed by atoms with E-state index in [4.69, 9.17) is 11.6 Å². The molecule has 1 heterocycles. The molecule has 0 aliphatic carbocycles. The van der Waals surface area contributed by atoms with E-state index in [1.165, 1.54) is 0 Å². The highest BCUT2D eigenvalue weighted by Gasteiger charge is 2.34. The zero-order valence-electron chi connectivity index (χ0n) is 10.5. The first-order chi connectivity index (χ1) is 8.54. The Hall–Kier alpha value is -1.26. The molecule has 1 aliphatic rings. The van der Waals surface area contributed by atoms with Crippen LogP contribution in [0.4, 0.5) is 5.69 Å². The average molecular weight is 269 g/mol. The molecular formula is C13H17ClN2O2. The van der Waals surface area contributed by atoms with Crippen LogP contribution in [0.3, 0.4) is 0 Å². The summed E-state index contributed by atoms with van der Waals surface area (Å²) in [5.41, 5.74) is 1.95. The number of nitrogens with one attached hydrogen (secondary N) is 1. The summed E-state index contributed by atoms with van der Waals surface area (Å²) in [5, 5.41) is 12.9. The van der Waals surface area contributed by atoms with Gasteiger partial charge in [-0.2, -0.15) is 0 Å². The minimum atomic E-state index is -0.534. The number of carbonyl (C=O) groups is 1. The van der Waals surface area contributed by atoms with Crippen LogP contribution in [0.5, 0.6) is 0 Å². The molecule has 0 aromatic heterocycles. The van der Waals surface area contributed by atoms with Gasteiger partial charge in [0.2, 0.25) is 5.91 Å². The third-order valence-electron chi connectivity index (χ3n) is 3.29. The first-order valence-corrected chi connectivity index (χ1v) is 6.35. The third-order valence-corrected chi connectivity index (χ3v) is 3.53. The lowest BCUT2D eigenvalue weighted by Gasteiger charge is -2.41. The normalized spacial score (nSPS) is 24.0. The van der Waals surface area contributed by atoms with Crippen LogP contribution in [-0.2, 0) is 4.79 Å². The van der Waals surface area contributed by atoms with Crippen molar-refractivity contribution in [1.82, 2.24) is 5.32 Å². The van der Waals surface area contributed by atoms with Gasteiger partial charge in [-0.3, -0.25) is 4.79 Å². The summed E-state index contributed by atoms with van der Waals surface area (Å²) in [6.45, 7) is 4.36. The van der Waals surface area contributed by atoms with E-state index in [0.717, 1.165) is 11.3 Å². The van der Waals surface area contributed by atoms with E-state index in [1.807, 2.05) is 30.9 Å². The highest BCUT2D eigenvalue weighted by molar-refractivity contribution is 6.30. The van der Waals surface area contributed by atoms with E-state index in [-0.39, 0.29) is 18.6 Å². The molecule has 1 aromatic rings. The second-order valence-corrected chi connectivity index (χ2v) is 5.07. The van der Waals surface area contributed by atoms with Crippen molar-refractivity contribution in [2.24, 2.45) is 0 Å². The van der Waals surface area contributed by atoms with E-state index < -0.39 is 6.04 Å². The molecule has 98 valence electrons. The van der Waals surface area contributed by atoms with Crippen molar-refractivity contribution in [2.45, 2.75) is 25.9 Å². The van der Waals surface area contributed by atoms with Crippen molar-refractivity contribution in [1.29, 1.82) is 0 Å². The Morgan fingerprint density at radius 3 is 2.89 bits per heavy atom. The molecule has 1 aliphatic heterocycles. The second-order valence-electron chi connectivity index (χ2n) is 4.63. The molecule has 1 saturated heterocycles. The molecule has 0 bridgehead atoms. The minimum absolute atomic E-state index is 0.134. The zero-order chi connectivity index (χ0) is 13.3. The monoisotopic (exact) mass is 268 g/mol. The maximum atomic E-state index is 11.8. The van der Waals surface area contributed by atoms with Crippen LogP contribution in [0.1, 0.15) is 12.5 Å². The number of aliphatic hydroxyl groups is 1. The van der Waals surface area contributed by atoms with Crippen LogP contribution in [-0.4, -0.2) is 36.2 Å². The molecule has 0 radical (unpaired) electrons. The number of carbonyl (C=O) groups excluding carboxylic acids is 1. The number of halogens is 1. The van der Waals surface area contributed by atoms with Gasteiger partial charge in [0.25, 0.3) is 0 Å². The van der Waals surface area contributed by atoms with Crippen LogP contribution in [0.2, 0.25) is 5.02 Å². The lowest BCUT2D eigenvalue weighted by Crippen LogP contribution is -2.61. The van der Waals surface area contributed by atoms with Gasteiger partial charge in [-0.15, -0.1) is 0 Å². The van der Waals surface area contributed by atoms with Crippen LogP contribution in [0, 0.1) is 6.92 Å². The fourth-order valence-electron chi connectivity index (χ4n) is 2.38. The van der Waals surface area contributed by atoms with Crippen molar-refractivity contribution >= 4 is 23.2 Å². The lowest BCUT2D eigenvalue weighted by atomic mass is 10.0. The molecule has 2 rings (SSSR count). The van der Waals surface area contributed by atoms with Crippen molar-refractivity contribution in [2.75, 3.05) is 18.1 Å². The number of hydrogen-bond acceptors (Lipinski definition) is 3. The molecule has 2 N–H and O–H groups in total. The number of hydrogen-bond donors (Lipinski definition) is 2. The fourth-order valence-corrected chi connectivity index (χ4v) is 2.61. The minimum Gasteiger partial charge on any atom is -0.394 e. The number of aryl methyl sites for hydroxylation is 1. The van der Waals surface area contributed by atoms with E-state index in [9.17, 15) is 9.90 Å². The number of rotatable bonds is 2. The lowest BCUT2D eigenvalue weighted by molar-refractivity contribution is -0.124. The standard InChI is InChI=1S/C13H17ClN2O2/c1-8-5-10(14)3-4-11(8)16-9(2)6-15-13(18)12(16)7-17/h3-5,9,12,17H,6-7H2,1-2H3,(H,15,18). The zero-order valence-corrected chi connectivity index (χ0v) is 11.2. The highest BCUT2D eigenvalue weighted by Crippen LogP contribution is 2.28. The van der Waals surface area contributed by atoms with E-state index in [0.29, 0.717) is 11.6 Å². The largest absolute Gasteiger partial charge is 0.394 e. The Bertz CT molecular complexity index is 464. The molecule has 1 aromatic carbocycles. The van der Waals surface area contributed by atoms with E-state index in [1.54, 1.807) is 6.07 Å². The van der Waals surface area contributed by atoms with Gasteiger partial charge in [0.15, 0.2) is 0 Å². The molecule has 0 saturated carbocycles. The molecule has 5 heteroatoms. The Morgan fingerprint density at radius 1 is 1.56 bits per heavy atom. The Kier molecular flexibility index (Phi) is 3.78. The van der Waals surface area contributed by atoms with Gasteiger partial charge in [0.1, 0.15) is 6.04 Å². The predicted molar refractivity (Wildman–Crippen MR) is 72.0 cm³/mol. The van der Waals surface area contributed by atoms with Gasteiger partial charge in [-0.05, 0) is 37.6 Å². The summed E-state index contributed by atoms with van der Waals surface area (Å²) in [6.07, 6.45) is 0. The second kappa shape index (κ2) is 5.16. The maximum Gasteiger partial charge on any atom is 0.245 e. The first kappa shape index (κ1) is 13.2. The maximum absolute atomic E-state index is 11.8. The summed E-state index contributed by atoms with van der Waals surface area (Å²) < 4.78 is 0. The summed E-state index contributed by atoms with van der Waals surface area (Å²) in [6, 6.07) is 5.17. The number of amides is 1. The van der Waals surface area contributed by atoms with Crippen LogP contribution >= 0.6 is 11.6 Å². The number of nitrogens with zero attached hydrogens (tertiary/aromatic N) is 1. The number of piperazine rings is 1. The van der Waals surface area contributed by atoms with Gasteiger partial charge in [-0.1, -0.05) is 11.6 Å². The van der Waals surface area contributed by atoms with Crippen molar-refractivity contribution < 1.29 is 9.90 Å². The Morgan fingerprint density at radius 2 is 2.28 bits per heavy atom. The molecule has 2 unspecified atom stereocenters. The summed E-state index contributed by atoms with van der Waals surface area (Å²) in [5.74, 6) is -0.134. The molecule has 1 fully saturated rings. The molecule has 1 amide bonds. The van der Waals surface area contributed by atoms with Crippen molar-refractivity contribution in [3.05, 3.63) is 28.8 Å². The van der Waals surface area contributed by atoms with Gasteiger partial charge >= 0.3 is 0 Å². The predicted octanol–water partition coefficient (Wildman–Crippen LogP) is 1.33. The summed E-state index contributed by atoms with van der Waals surface area (Å²) >= 11 is 5.94. The molecule has 2 atom stereocenters. The van der Waals surface area contributed by atoms with Gasteiger partial charge in [-0.25, -0.2) is 0 Å². The highest BCUT2D eigenvalue weighted by atomic mass is 35.5. The SMILES string of the molecule is Cc1cc(Cl)ccc1N1C(C)CNC(=O)C1CO. The molecule has 4 nitrogen and oxygen atoms in total.